The highest BCUT2D eigenvalue weighted by Crippen LogP contribution is 2.28. The van der Waals surface area contributed by atoms with E-state index in [-0.39, 0.29) is 12.2 Å². The third-order valence-electron chi connectivity index (χ3n) is 2.79. The van der Waals surface area contributed by atoms with E-state index in [1.54, 1.807) is 19.1 Å². The topological polar surface area (TPSA) is 64.3 Å². The highest BCUT2D eigenvalue weighted by atomic mass is 19.3. The summed E-state index contributed by atoms with van der Waals surface area (Å²) in [4.78, 5) is 11.2. The normalized spacial score (nSPS) is 14.2. The predicted octanol–water partition coefficient (Wildman–Crippen LogP) is 1.99. The fourth-order valence-electron chi connectivity index (χ4n) is 2.02. The summed E-state index contributed by atoms with van der Waals surface area (Å²) in [6.07, 6.45) is 0.0684. The van der Waals surface area contributed by atoms with Gasteiger partial charge in [-0.1, -0.05) is 19.1 Å². The van der Waals surface area contributed by atoms with Crippen LogP contribution in [-0.2, 0) is 10.3 Å². The lowest BCUT2D eigenvalue weighted by Gasteiger charge is -2.30. The third kappa shape index (κ3) is 4.48. The summed E-state index contributed by atoms with van der Waals surface area (Å²) in [7, 11) is 0. The van der Waals surface area contributed by atoms with Crippen molar-refractivity contribution in [3.63, 3.8) is 0 Å². The molecule has 106 valence electrons. The zero-order valence-corrected chi connectivity index (χ0v) is 11.0. The quantitative estimate of drug-likeness (QED) is 0.797. The van der Waals surface area contributed by atoms with Gasteiger partial charge < -0.3 is 15.8 Å². The molecule has 1 aromatic rings. The van der Waals surface area contributed by atoms with Crippen molar-refractivity contribution < 1.29 is 18.3 Å². The Morgan fingerprint density at radius 1 is 1.53 bits per heavy atom. The van der Waals surface area contributed by atoms with Gasteiger partial charge in [-0.25, -0.2) is 0 Å². The molecule has 0 saturated carbocycles. The maximum atomic E-state index is 12.2. The number of alkyl halides is 2. The number of hydrogen-bond acceptors (Lipinski definition) is 3. The van der Waals surface area contributed by atoms with Crippen molar-refractivity contribution in [3.8, 4) is 5.75 Å². The molecule has 1 atom stereocenters. The number of carbonyl (C=O) groups excluding carboxylic acids is 1. The van der Waals surface area contributed by atoms with Gasteiger partial charge in [-0.15, -0.1) is 0 Å². The average Bonchev–Trinajstić information content (AvgIpc) is 2.27. The molecule has 1 aromatic carbocycles. The van der Waals surface area contributed by atoms with Gasteiger partial charge in [0.05, 0.1) is 0 Å². The van der Waals surface area contributed by atoms with Gasteiger partial charge >= 0.3 is 6.61 Å². The second-order valence-corrected chi connectivity index (χ2v) is 4.41. The van der Waals surface area contributed by atoms with Crippen LogP contribution in [0.4, 0.5) is 8.78 Å². The molecule has 0 aliphatic rings. The molecule has 1 unspecified atom stereocenters. The molecular weight excluding hydrogens is 254 g/mol. The van der Waals surface area contributed by atoms with Crippen molar-refractivity contribution in [3.05, 3.63) is 29.8 Å². The van der Waals surface area contributed by atoms with Crippen molar-refractivity contribution in [2.24, 2.45) is 5.73 Å². The van der Waals surface area contributed by atoms with Crippen molar-refractivity contribution in [1.82, 2.24) is 5.32 Å². The molecule has 6 heteroatoms. The molecule has 0 spiro atoms. The molecule has 0 aromatic heterocycles. The number of amides is 1. The summed E-state index contributed by atoms with van der Waals surface area (Å²) in [5.41, 5.74) is 5.20. The van der Waals surface area contributed by atoms with Crippen LogP contribution in [0.15, 0.2) is 24.3 Å². The van der Waals surface area contributed by atoms with Gasteiger partial charge in [-0.05, 0) is 31.2 Å². The number of rotatable bonds is 7. The fraction of sp³-hybridized carbons (Fsp3) is 0.462. The van der Waals surface area contributed by atoms with Crippen LogP contribution in [0.1, 0.15) is 25.8 Å². The highest BCUT2D eigenvalue weighted by molar-refractivity contribution is 5.75. The van der Waals surface area contributed by atoms with E-state index in [1.165, 1.54) is 12.1 Å². The minimum atomic E-state index is -2.88. The number of halogens is 2. The minimum Gasteiger partial charge on any atom is -0.435 e. The van der Waals surface area contributed by atoms with Gasteiger partial charge in [-0.3, -0.25) is 4.79 Å². The fourth-order valence-corrected chi connectivity index (χ4v) is 2.02. The zero-order valence-electron chi connectivity index (χ0n) is 11.0. The van der Waals surface area contributed by atoms with E-state index >= 15 is 0 Å². The van der Waals surface area contributed by atoms with Gasteiger partial charge in [0.25, 0.3) is 0 Å². The maximum Gasteiger partial charge on any atom is 0.387 e. The number of ether oxygens (including phenoxy) is 1. The Hall–Kier alpha value is -1.69. The van der Waals surface area contributed by atoms with E-state index in [0.717, 1.165) is 0 Å². The lowest BCUT2D eigenvalue weighted by molar-refractivity contribution is -0.119. The van der Waals surface area contributed by atoms with Crippen LogP contribution in [0.2, 0.25) is 0 Å². The Labute approximate surface area is 110 Å². The SMILES string of the molecule is CCNC(C)(CC(N)=O)c1cccc(OC(F)F)c1. The third-order valence-corrected chi connectivity index (χ3v) is 2.79. The lowest BCUT2D eigenvalue weighted by atomic mass is 9.88. The van der Waals surface area contributed by atoms with Crippen molar-refractivity contribution in [2.45, 2.75) is 32.4 Å². The molecule has 19 heavy (non-hydrogen) atoms. The number of benzene rings is 1. The van der Waals surface area contributed by atoms with Crippen LogP contribution < -0.4 is 15.8 Å². The predicted molar refractivity (Wildman–Crippen MR) is 67.9 cm³/mol. The number of nitrogens with two attached hydrogens (primary N) is 1. The first kappa shape index (κ1) is 15.4. The van der Waals surface area contributed by atoms with Gasteiger partial charge in [0.2, 0.25) is 5.91 Å². The lowest BCUT2D eigenvalue weighted by Crippen LogP contribution is -2.42. The molecule has 0 heterocycles. The standard InChI is InChI=1S/C13H18F2N2O2/c1-3-17-13(2,8-11(16)18)9-5-4-6-10(7-9)19-12(14)15/h4-7,12,17H,3,8H2,1-2H3,(H2,16,18). The highest BCUT2D eigenvalue weighted by Gasteiger charge is 2.28. The van der Waals surface area contributed by atoms with E-state index in [9.17, 15) is 13.6 Å². The van der Waals surface area contributed by atoms with Crippen LogP contribution in [-0.4, -0.2) is 19.1 Å². The Balaban J connectivity index is 3.04. The van der Waals surface area contributed by atoms with E-state index in [2.05, 4.69) is 10.1 Å². The molecule has 3 N–H and O–H groups in total. The molecule has 0 saturated heterocycles. The molecular formula is C13H18F2N2O2. The first-order valence-corrected chi connectivity index (χ1v) is 5.96. The van der Waals surface area contributed by atoms with Gasteiger partial charge in [0.1, 0.15) is 5.75 Å². The van der Waals surface area contributed by atoms with Crippen LogP contribution in [0.3, 0.4) is 0 Å². The average molecular weight is 272 g/mol. The summed E-state index contributed by atoms with van der Waals surface area (Å²) in [6, 6.07) is 6.26. The summed E-state index contributed by atoms with van der Waals surface area (Å²) in [6.45, 7) is 1.42. The van der Waals surface area contributed by atoms with Crippen molar-refractivity contribution in [2.75, 3.05) is 6.54 Å². The molecule has 1 amide bonds. The molecule has 0 bridgehead atoms. The van der Waals surface area contributed by atoms with Gasteiger partial charge in [0, 0.05) is 12.0 Å². The zero-order chi connectivity index (χ0) is 14.5. The number of nitrogens with one attached hydrogen (secondary N) is 1. The molecule has 0 aliphatic carbocycles. The first-order valence-electron chi connectivity index (χ1n) is 5.96. The Bertz CT molecular complexity index is 440. The summed E-state index contributed by atoms with van der Waals surface area (Å²) >= 11 is 0. The van der Waals surface area contributed by atoms with E-state index < -0.39 is 18.1 Å². The van der Waals surface area contributed by atoms with Gasteiger partial charge in [0.15, 0.2) is 0 Å². The van der Waals surface area contributed by atoms with Gasteiger partial charge in [-0.2, -0.15) is 8.78 Å². The van der Waals surface area contributed by atoms with Crippen LogP contribution in [0.5, 0.6) is 5.75 Å². The van der Waals surface area contributed by atoms with E-state index in [4.69, 9.17) is 5.73 Å². The smallest absolute Gasteiger partial charge is 0.387 e. The first-order chi connectivity index (χ1) is 8.87. The van der Waals surface area contributed by atoms with E-state index in [0.29, 0.717) is 12.1 Å². The van der Waals surface area contributed by atoms with E-state index in [1.807, 2.05) is 6.92 Å². The molecule has 0 radical (unpaired) electrons. The second-order valence-electron chi connectivity index (χ2n) is 4.41. The maximum absolute atomic E-state index is 12.2. The molecule has 0 fully saturated rings. The van der Waals surface area contributed by atoms with Crippen molar-refractivity contribution >= 4 is 5.91 Å². The number of carbonyl (C=O) groups is 1. The van der Waals surface area contributed by atoms with Crippen LogP contribution >= 0.6 is 0 Å². The monoisotopic (exact) mass is 272 g/mol. The Kier molecular flexibility index (Phi) is 5.23. The number of primary amides is 1. The largest absolute Gasteiger partial charge is 0.435 e. The van der Waals surface area contributed by atoms with Crippen molar-refractivity contribution in [1.29, 1.82) is 0 Å². The minimum absolute atomic E-state index is 0.0566. The number of hydrogen-bond donors (Lipinski definition) is 2. The molecule has 1 rings (SSSR count). The Morgan fingerprint density at radius 2 is 2.21 bits per heavy atom. The summed E-state index contributed by atoms with van der Waals surface area (Å²) in [5.74, 6) is -0.412. The Morgan fingerprint density at radius 3 is 2.74 bits per heavy atom. The summed E-state index contributed by atoms with van der Waals surface area (Å²) < 4.78 is 28.7. The van der Waals surface area contributed by atoms with Crippen LogP contribution in [0.25, 0.3) is 0 Å². The van der Waals surface area contributed by atoms with Crippen LogP contribution in [0, 0.1) is 0 Å². The summed E-state index contributed by atoms with van der Waals surface area (Å²) in [5, 5.41) is 3.14. The second kappa shape index (κ2) is 6.47. The molecule has 0 aliphatic heterocycles. The molecule has 4 nitrogen and oxygen atoms in total.